The summed E-state index contributed by atoms with van der Waals surface area (Å²) in [6.07, 6.45) is 4.74. The molecular formula is C11H13NO5. The predicted octanol–water partition coefficient (Wildman–Crippen LogP) is 1.71. The van der Waals surface area contributed by atoms with Crippen molar-refractivity contribution in [2.75, 3.05) is 0 Å². The van der Waals surface area contributed by atoms with E-state index in [1.54, 1.807) is 0 Å². The Labute approximate surface area is 98.1 Å². The molecule has 0 rings (SSSR count). The monoisotopic (exact) mass is 239 g/mol. The average Bonchev–Trinajstić information content (AvgIpc) is 2.23. The Hall–Kier alpha value is -2.24. The second-order valence-electron chi connectivity index (χ2n) is 3.13. The molecule has 1 N–H and O–H groups in total. The van der Waals surface area contributed by atoms with Crippen LogP contribution in [0.4, 0.5) is 0 Å². The van der Waals surface area contributed by atoms with E-state index in [2.05, 4.69) is 6.58 Å². The number of nitro groups is 1. The van der Waals surface area contributed by atoms with Gasteiger partial charge in [-0.2, -0.15) is 0 Å². The maximum absolute atomic E-state index is 11.2. The van der Waals surface area contributed by atoms with Crippen molar-refractivity contribution in [2.45, 2.75) is 19.3 Å². The molecule has 0 unspecified atom stereocenters. The van der Waals surface area contributed by atoms with Crippen molar-refractivity contribution in [3.8, 4) is 0 Å². The van der Waals surface area contributed by atoms with Crippen molar-refractivity contribution in [3.05, 3.63) is 46.7 Å². The van der Waals surface area contributed by atoms with Crippen LogP contribution in [0.1, 0.15) is 19.3 Å². The van der Waals surface area contributed by atoms with Crippen molar-refractivity contribution in [3.63, 3.8) is 0 Å². The van der Waals surface area contributed by atoms with Gasteiger partial charge in [-0.25, -0.2) is 0 Å². The highest BCUT2D eigenvalue weighted by molar-refractivity contribution is 5.90. The number of hydrogen-bond donors (Lipinski definition) is 1. The summed E-state index contributed by atoms with van der Waals surface area (Å²) in [5.41, 5.74) is -0.244. The van der Waals surface area contributed by atoms with Gasteiger partial charge in [-0.3, -0.25) is 19.7 Å². The summed E-state index contributed by atoms with van der Waals surface area (Å²) in [5.74, 6) is -1.32. The molecule has 0 aromatic carbocycles. The van der Waals surface area contributed by atoms with Gasteiger partial charge in [0.05, 0.1) is 4.92 Å². The maximum atomic E-state index is 11.2. The van der Waals surface area contributed by atoms with Gasteiger partial charge in [0.2, 0.25) is 0 Å². The Balaban J connectivity index is 4.26. The van der Waals surface area contributed by atoms with Gasteiger partial charge in [-0.1, -0.05) is 12.7 Å². The normalized spacial score (nSPS) is 11.4. The van der Waals surface area contributed by atoms with Crippen LogP contribution in [0.3, 0.4) is 0 Å². The quantitative estimate of drug-likeness (QED) is 0.301. The minimum atomic E-state index is -0.973. The summed E-state index contributed by atoms with van der Waals surface area (Å²) < 4.78 is 0. The van der Waals surface area contributed by atoms with Gasteiger partial charge in [-0.05, 0) is 12.5 Å². The zero-order valence-electron chi connectivity index (χ0n) is 9.17. The first-order chi connectivity index (χ1) is 7.97. The van der Waals surface area contributed by atoms with E-state index in [4.69, 9.17) is 5.11 Å². The van der Waals surface area contributed by atoms with E-state index < -0.39 is 10.9 Å². The van der Waals surface area contributed by atoms with Gasteiger partial charge in [0.15, 0.2) is 5.78 Å². The van der Waals surface area contributed by atoms with Gasteiger partial charge in [0.25, 0.3) is 5.70 Å². The number of carbonyl (C=O) groups excluding carboxylic acids is 1. The lowest BCUT2D eigenvalue weighted by molar-refractivity contribution is -0.419. The number of hydrogen-bond acceptors (Lipinski definition) is 4. The molecule has 0 aliphatic carbocycles. The van der Waals surface area contributed by atoms with Gasteiger partial charge in [0, 0.05) is 25.0 Å². The first kappa shape index (κ1) is 14.8. The third kappa shape index (κ3) is 7.66. The van der Waals surface area contributed by atoms with E-state index in [9.17, 15) is 19.7 Å². The van der Waals surface area contributed by atoms with Crippen molar-refractivity contribution in [1.82, 2.24) is 0 Å². The van der Waals surface area contributed by atoms with Crippen LogP contribution in [0.2, 0.25) is 0 Å². The molecule has 0 aliphatic rings. The molecule has 0 radical (unpaired) electrons. The molecule has 6 heteroatoms. The highest BCUT2D eigenvalue weighted by Gasteiger charge is 2.06. The first-order valence-electron chi connectivity index (χ1n) is 4.87. The molecule has 0 atom stereocenters. The summed E-state index contributed by atoms with van der Waals surface area (Å²) in [5, 5.41) is 18.8. The fraction of sp³-hybridized carbons (Fsp3) is 0.273. The molecule has 17 heavy (non-hydrogen) atoms. The first-order valence-corrected chi connectivity index (χ1v) is 4.87. The topological polar surface area (TPSA) is 97.5 Å². The number of allylic oxidation sites excluding steroid dienone is 4. The molecule has 0 bridgehead atoms. The van der Waals surface area contributed by atoms with Gasteiger partial charge < -0.3 is 5.11 Å². The van der Waals surface area contributed by atoms with E-state index in [-0.39, 0.29) is 30.7 Å². The summed E-state index contributed by atoms with van der Waals surface area (Å²) in [4.78, 5) is 31.2. The van der Waals surface area contributed by atoms with E-state index in [1.807, 2.05) is 0 Å². The standard InChI is InChI=1S/C11H13NO5/c1-2-4-9(12(16)17)7-8-10(13)5-3-6-11(14)15/h2,4,7-8H,1,3,5-6H2,(H,14,15)/b8-7+,9-4+. The predicted molar refractivity (Wildman–Crippen MR) is 60.9 cm³/mol. The smallest absolute Gasteiger partial charge is 0.303 e. The minimum Gasteiger partial charge on any atom is -0.481 e. The largest absolute Gasteiger partial charge is 0.481 e. The molecule has 0 saturated carbocycles. The Kier molecular flexibility index (Phi) is 6.92. The Morgan fingerprint density at radius 2 is 1.94 bits per heavy atom. The van der Waals surface area contributed by atoms with Gasteiger partial charge in [0.1, 0.15) is 0 Å². The molecule has 0 spiro atoms. The number of ketones is 1. The summed E-state index contributed by atoms with van der Waals surface area (Å²) in [6, 6.07) is 0. The zero-order valence-corrected chi connectivity index (χ0v) is 9.17. The third-order valence-corrected chi connectivity index (χ3v) is 1.75. The van der Waals surface area contributed by atoms with E-state index in [1.165, 1.54) is 12.2 Å². The lowest BCUT2D eigenvalue weighted by Crippen LogP contribution is -2.00. The fourth-order valence-electron chi connectivity index (χ4n) is 0.974. The maximum Gasteiger partial charge on any atom is 0.303 e. The van der Waals surface area contributed by atoms with E-state index in [0.29, 0.717) is 0 Å². The number of carboxylic acid groups (broad SMARTS) is 1. The van der Waals surface area contributed by atoms with Gasteiger partial charge >= 0.3 is 5.97 Å². The summed E-state index contributed by atoms with van der Waals surface area (Å²) in [7, 11) is 0. The zero-order chi connectivity index (χ0) is 13.3. The van der Waals surface area contributed by atoms with Crippen LogP contribution in [0.25, 0.3) is 0 Å². The molecule has 0 saturated heterocycles. The highest BCUT2D eigenvalue weighted by Crippen LogP contribution is 2.02. The van der Waals surface area contributed by atoms with Crippen LogP contribution in [0, 0.1) is 10.1 Å². The van der Waals surface area contributed by atoms with Crippen molar-refractivity contribution < 1.29 is 19.6 Å². The molecule has 0 fully saturated rings. The molecule has 6 nitrogen and oxygen atoms in total. The Morgan fingerprint density at radius 1 is 1.29 bits per heavy atom. The molecular weight excluding hydrogens is 226 g/mol. The SMILES string of the molecule is C=C/C=C(\C=C\C(=O)CCCC(=O)O)[N+](=O)[O-]. The minimum absolute atomic E-state index is 0.0574. The average molecular weight is 239 g/mol. The van der Waals surface area contributed by atoms with Crippen LogP contribution in [-0.4, -0.2) is 21.8 Å². The molecule has 0 amide bonds. The summed E-state index contributed by atoms with van der Waals surface area (Å²) >= 11 is 0. The van der Waals surface area contributed by atoms with E-state index >= 15 is 0 Å². The number of carboxylic acids is 1. The molecule has 0 heterocycles. The third-order valence-electron chi connectivity index (χ3n) is 1.75. The number of aliphatic carboxylic acids is 1. The van der Waals surface area contributed by atoms with Crippen LogP contribution in [-0.2, 0) is 9.59 Å². The molecule has 0 aromatic heterocycles. The Bertz CT molecular complexity index is 381. The number of nitrogens with zero attached hydrogens (tertiary/aromatic N) is 1. The van der Waals surface area contributed by atoms with Crippen LogP contribution in [0.5, 0.6) is 0 Å². The van der Waals surface area contributed by atoms with Crippen LogP contribution < -0.4 is 0 Å². The lowest BCUT2D eigenvalue weighted by Gasteiger charge is -1.93. The number of rotatable bonds is 8. The van der Waals surface area contributed by atoms with Gasteiger partial charge in [-0.15, -0.1) is 0 Å². The van der Waals surface area contributed by atoms with Crippen molar-refractivity contribution in [2.24, 2.45) is 0 Å². The molecule has 0 aromatic rings. The van der Waals surface area contributed by atoms with Crippen LogP contribution >= 0.6 is 0 Å². The summed E-state index contributed by atoms with van der Waals surface area (Å²) in [6.45, 7) is 3.31. The second kappa shape index (κ2) is 7.98. The highest BCUT2D eigenvalue weighted by atomic mass is 16.6. The van der Waals surface area contributed by atoms with Crippen molar-refractivity contribution >= 4 is 11.8 Å². The molecule has 0 aliphatic heterocycles. The Morgan fingerprint density at radius 3 is 2.41 bits per heavy atom. The second-order valence-corrected chi connectivity index (χ2v) is 3.13. The number of carbonyl (C=O) groups is 2. The lowest BCUT2D eigenvalue weighted by atomic mass is 10.1. The van der Waals surface area contributed by atoms with Crippen LogP contribution in [0.15, 0.2) is 36.6 Å². The van der Waals surface area contributed by atoms with Crippen molar-refractivity contribution in [1.29, 1.82) is 0 Å². The fourth-order valence-corrected chi connectivity index (χ4v) is 0.974. The molecule has 92 valence electrons. The van der Waals surface area contributed by atoms with E-state index in [0.717, 1.165) is 12.2 Å².